The van der Waals surface area contributed by atoms with Gasteiger partial charge in [0.15, 0.2) is 5.82 Å². The Balaban J connectivity index is 1.90. The third kappa shape index (κ3) is 2.94. The van der Waals surface area contributed by atoms with Crippen LogP contribution in [-0.4, -0.2) is 31.3 Å². The fraction of sp³-hybridized carbons (Fsp3) is 0.467. The van der Waals surface area contributed by atoms with Gasteiger partial charge in [0.25, 0.3) is 0 Å². The molecule has 2 atom stereocenters. The number of nitrogens with zero attached hydrogens (tertiary/aromatic N) is 4. The highest BCUT2D eigenvalue weighted by Gasteiger charge is 2.37. The quantitative estimate of drug-likeness (QED) is 0.880. The van der Waals surface area contributed by atoms with Gasteiger partial charge in [0.2, 0.25) is 0 Å². The van der Waals surface area contributed by atoms with Crippen LogP contribution in [-0.2, 0) is 4.79 Å². The molecule has 1 aliphatic carbocycles. The van der Waals surface area contributed by atoms with E-state index in [1.165, 1.54) is 0 Å². The van der Waals surface area contributed by atoms with Crippen LogP contribution in [0, 0.1) is 5.92 Å². The Morgan fingerprint density at radius 3 is 2.71 bits per heavy atom. The SMILES string of the molecule is CC(c1ccccc1)c1nnnn1C(CC(=O)O)C1CC1. The van der Waals surface area contributed by atoms with E-state index >= 15 is 0 Å². The maximum Gasteiger partial charge on any atom is 0.305 e. The first-order valence-corrected chi connectivity index (χ1v) is 7.21. The van der Waals surface area contributed by atoms with E-state index in [0.717, 1.165) is 24.2 Å². The summed E-state index contributed by atoms with van der Waals surface area (Å²) in [5, 5.41) is 21.1. The molecule has 0 amide bonds. The van der Waals surface area contributed by atoms with Crippen molar-refractivity contribution in [3.63, 3.8) is 0 Å². The highest BCUT2D eigenvalue weighted by atomic mass is 16.4. The van der Waals surface area contributed by atoms with Gasteiger partial charge in [0.1, 0.15) is 0 Å². The molecule has 21 heavy (non-hydrogen) atoms. The molecule has 110 valence electrons. The van der Waals surface area contributed by atoms with Crippen LogP contribution < -0.4 is 0 Å². The van der Waals surface area contributed by atoms with Gasteiger partial charge in [-0.2, -0.15) is 0 Å². The number of rotatable bonds is 6. The summed E-state index contributed by atoms with van der Waals surface area (Å²) >= 11 is 0. The van der Waals surface area contributed by atoms with Gasteiger partial charge >= 0.3 is 5.97 Å². The van der Waals surface area contributed by atoms with Crippen molar-refractivity contribution in [2.24, 2.45) is 5.92 Å². The molecule has 0 radical (unpaired) electrons. The zero-order valence-corrected chi connectivity index (χ0v) is 11.9. The van der Waals surface area contributed by atoms with Gasteiger partial charge < -0.3 is 5.11 Å². The summed E-state index contributed by atoms with van der Waals surface area (Å²) in [6, 6.07) is 9.86. The molecule has 1 aromatic carbocycles. The van der Waals surface area contributed by atoms with Crippen molar-refractivity contribution in [3.8, 4) is 0 Å². The molecule has 1 fully saturated rings. The fourth-order valence-corrected chi connectivity index (χ4v) is 2.73. The largest absolute Gasteiger partial charge is 0.481 e. The molecule has 0 aliphatic heterocycles. The second-order valence-electron chi connectivity index (χ2n) is 5.62. The smallest absolute Gasteiger partial charge is 0.305 e. The molecule has 1 aromatic heterocycles. The lowest BCUT2D eigenvalue weighted by atomic mass is 9.99. The third-order valence-corrected chi connectivity index (χ3v) is 4.07. The van der Waals surface area contributed by atoms with Crippen LogP contribution in [0.3, 0.4) is 0 Å². The van der Waals surface area contributed by atoms with Crippen molar-refractivity contribution in [1.82, 2.24) is 20.2 Å². The topological polar surface area (TPSA) is 80.9 Å². The van der Waals surface area contributed by atoms with Crippen LogP contribution in [0.4, 0.5) is 0 Å². The Kier molecular flexibility index (Phi) is 3.68. The van der Waals surface area contributed by atoms with Gasteiger partial charge in [-0.05, 0) is 34.7 Å². The summed E-state index contributed by atoms with van der Waals surface area (Å²) in [5.41, 5.74) is 1.12. The number of aromatic nitrogens is 4. The maximum atomic E-state index is 11.1. The minimum absolute atomic E-state index is 0.0382. The van der Waals surface area contributed by atoms with E-state index in [1.54, 1.807) is 4.68 Å². The van der Waals surface area contributed by atoms with E-state index in [0.29, 0.717) is 5.92 Å². The monoisotopic (exact) mass is 286 g/mol. The molecule has 1 heterocycles. The molecule has 2 aromatic rings. The fourth-order valence-electron chi connectivity index (χ4n) is 2.73. The van der Waals surface area contributed by atoms with E-state index < -0.39 is 5.97 Å². The predicted octanol–water partition coefficient (Wildman–Crippen LogP) is 2.25. The van der Waals surface area contributed by atoms with E-state index in [-0.39, 0.29) is 18.4 Å². The van der Waals surface area contributed by atoms with Crippen molar-refractivity contribution < 1.29 is 9.90 Å². The molecule has 1 aliphatic rings. The molecule has 0 spiro atoms. The van der Waals surface area contributed by atoms with Crippen LogP contribution in [0.2, 0.25) is 0 Å². The molecule has 0 saturated heterocycles. The summed E-state index contributed by atoms with van der Waals surface area (Å²) in [6.45, 7) is 2.04. The predicted molar refractivity (Wildman–Crippen MR) is 75.8 cm³/mol. The number of aliphatic carboxylic acids is 1. The number of tetrazole rings is 1. The van der Waals surface area contributed by atoms with Crippen molar-refractivity contribution in [2.75, 3.05) is 0 Å². The number of carboxylic acids is 1. The van der Waals surface area contributed by atoms with Crippen LogP contribution in [0.5, 0.6) is 0 Å². The standard InChI is InChI=1S/C15H18N4O2/c1-10(11-5-3-2-4-6-11)15-16-17-18-19(15)13(9-14(20)21)12-7-8-12/h2-6,10,12-13H,7-9H2,1H3,(H,20,21). The van der Waals surface area contributed by atoms with E-state index in [4.69, 9.17) is 5.11 Å². The first kappa shape index (κ1) is 13.7. The Morgan fingerprint density at radius 2 is 2.10 bits per heavy atom. The van der Waals surface area contributed by atoms with Gasteiger partial charge in [-0.1, -0.05) is 37.3 Å². The molecule has 1 N–H and O–H groups in total. The van der Waals surface area contributed by atoms with Gasteiger partial charge in [0.05, 0.1) is 12.5 Å². The van der Waals surface area contributed by atoms with Crippen molar-refractivity contribution >= 4 is 5.97 Å². The second-order valence-corrected chi connectivity index (χ2v) is 5.62. The molecule has 6 nitrogen and oxygen atoms in total. The first-order valence-electron chi connectivity index (χ1n) is 7.21. The summed E-state index contributed by atoms with van der Waals surface area (Å²) in [4.78, 5) is 11.1. The average molecular weight is 286 g/mol. The summed E-state index contributed by atoms with van der Waals surface area (Å²) in [7, 11) is 0. The average Bonchev–Trinajstić information content (AvgIpc) is 3.21. The normalized spacial score (nSPS) is 17.4. The Labute approximate surface area is 122 Å². The van der Waals surface area contributed by atoms with E-state index in [9.17, 15) is 4.79 Å². The number of hydrogen-bond acceptors (Lipinski definition) is 4. The lowest BCUT2D eigenvalue weighted by molar-refractivity contribution is -0.138. The first-order chi connectivity index (χ1) is 10.2. The highest BCUT2D eigenvalue weighted by molar-refractivity contribution is 5.67. The zero-order valence-electron chi connectivity index (χ0n) is 11.9. The lowest BCUT2D eigenvalue weighted by Crippen LogP contribution is -2.20. The van der Waals surface area contributed by atoms with Crippen LogP contribution in [0.25, 0.3) is 0 Å². The van der Waals surface area contributed by atoms with Gasteiger partial charge in [0, 0.05) is 5.92 Å². The maximum absolute atomic E-state index is 11.1. The van der Waals surface area contributed by atoms with Gasteiger partial charge in [-0.15, -0.1) is 5.10 Å². The minimum atomic E-state index is -0.805. The number of carbonyl (C=O) groups is 1. The summed E-state index contributed by atoms with van der Waals surface area (Å²) in [6.07, 6.45) is 2.18. The molecule has 0 bridgehead atoms. The number of hydrogen-bond donors (Lipinski definition) is 1. The zero-order chi connectivity index (χ0) is 14.8. The number of carboxylic acid groups (broad SMARTS) is 1. The lowest BCUT2D eigenvalue weighted by Gasteiger charge is -2.18. The van der Waals surface area contributed by atoms with Gasteiger partial charge in [-0.3, -0.25) is 4.79 Å². The number of benzene rings is 1. The molecule has 2 unspecified atom stereocenters. The molecular weight excluding hydrogens is 268 g/mol. The molecule has 3 rings (SSSR count). The van der Waals surface area contributed by atoms with Crippen molar-refractivity contribution in [2.45, 2.75) is 38.1 Å². The minimum Gasteiger partial charge on any atom is -0.481 e. The summed E-state index contributed by atoms with van der Waals surface area (Å²) in [5.74, 6) is 0.350. The summed E-state index contributed by atoms with van der Waals surface area (Å²) < 4.78 is 1.73. The van der Waals surface area contributed by atoms with Crippen LogP contribution in [0.1, 0.15) is 49.5 Å². The van der Waals surface area contributed by atoms with Gasteiger partial charge in [-0.25, -0.2) is 4.68 Å². The van der Waals surface area contributed by atoms with Crippen molar-refractivity contribution in [3.05, 3.63) is 41.7 Å². The second kappa shape index (κ2) is 5.63. The van der Waals surface area contributed by atoms with E-state index in [2.05, 4.69) is 15.5 Å². The highest BCUT2D eigenvalue weighted by Crippen LogP contribution is 2.42. The molecule has 1 saturated carbocycles. The molecular formula is C15H18N4O2. The van der Waals surface area contributed by atoms with E-state index in [1.807, 2.05) is 37.3 Å². The Hall–Kier alpha value is -2.24. The Morgan fingerprint density at radius 1 is 1.38 bits per heavy atom. The van der Waals surface area contributed by atoms with Crippen molar-refractivity contribution in [1.29, 1.82) is 0 Å². The van der Waals surface area contributed by atoms with Crippen LogP contribution in [0.15, 0.2) is 30.3 Å². The Bertz CT molecular complexity index is 622. The molecule has 6 heteroatoms. The third-order valence-electron chi connectivity index (χ3n) is 4.07. The van der Waals surface area contributed by atoms with Crippen LogP contribution >= 0.6 is 0 Å².